The van der Waals surface area contributed by atoms with Crippen LogP contribution >= 0.6 is 15.9 Å². The summed E-state index contributed by atoms with van der Waals surface area (Å²) in [6, 6.07) is 7.81. The van der Waals surface area contributed by atoms with Crippen LogP contribution in [-0.2, 0) is 19.1 Å². The number of halogens is 1. The van der Waals surface area contributed by atoms with Crippen molar-refractivity contribution >= 4 is 32.0 Å². The van der Waals surface area contributed by atoms with Gasteiger partial charge in [0.1, 0.15) is 0 Å². The first-order valence-corrected chi connectivity index (χ1v) is 9.63. The van der Waals surface area contributed by atoms with Crippen LogP contribution < -0.4 is 5.32 Å². The third kappa shape index (κ3) is 3.52. The van der Waals surface area contributed by atoms with Crippen LogP contribution in [0.5, 0.6) is 0 Å². The maximum Gasteiger partial charge on any atom is 0.264 e. The Balaban J connectivity index is 2.26. The van der Waals surface area contributed by atoms with Gasteiger partial charge in [0.15, 0.2) is 0 Å². The lowest BCUT2D eigenvalue weighted by Crippen LogP contribution is -2.39. The van der Waals surface area contributed by atoms with E-state index in [9.17, 15) is 13.2 Å². The van der Waals surface area contributed by atoms with Crippen molar-refractivity contribution in [1.29, 1.82) is 0 Å². The molecule has 0 radical (unpaired) electrons. The van der Waals surface area contributed by atoms with E-state index in [-0.39, 0.29) is 24.3 Å². The number of carbonyl (C=O) groups is 1. The molecular weight excluding hydrogens is 370 g/mol. The maximum absolute atomic E-state index is 12.4. The molecule has 1 aromatic carbocycles. The highest BCUT2D eigenvalue weighted by Gasteiger charge is 2.50. The second-order valence-corrected chi connectivity index (χ2v) is 8.51. The van der Waals surface area contributed by atoms with Crippen LogP contribution in [-0.4, -0.2) is 33.7 Å². The van der Waals surface area contributed by atoms with Crippen molar-refractivity contribution in [2.24, 2.45) is 11.3 Å². The fraction of sp³-hybridized carbons (Fsp3) is 0.533. The quantitative estimate of drug-likeness (QED) is 0.783. The highest BCUT2D eigenvalue weighted by atomic mass is 79.9. The molecule has 0 saturated carbocycles. The molecule has 0 aliphatic carbocycles. The molecule has 1 aromatic rings. The molecule has 3 atom stereocenters. The van der Waals surface area contributed by atoms with Crippen molar-refractivity contribution in [3.05, 3.63) is 34.3 Å². The standard InChI is InChI=1S/C15H20BrNO4S/c1-10(11-4-6-13(16)7-5-11)15(2)12(8-17-14(15)18)9-21-22(3,19)20/h4-7,10,12H,8-9H2,1-3H3,(H,17,18)/t10-,12-,15-/m1/s1. The number of carbonyl (C=O) groups excluding carboxylic acids is 1. The Morgan fingerprint density at radius 3 is 2.55 bits per heavy atom. The lowest BCUT2D eigenvalue weighted by Gasteiger charge is -2.34. The van der Waals surface area contributed by atoms with E-state index in [1.165, 1.54) is 0 Å². The summed E-state index contributed by atoms with van der Waals surface area (Å²) in [6.07, 6.45) is 1.02. The summed E-state index contributed by atoms with van der Waals surface area (Å²) in [6.45, 7) is 4.29. The topological polar surface area (TPSA) is 72.5 Å². The van der Waals surface area contributed by atoms with Crippen LogP contribution in [0.1, 0.15) is 25.3 Å². The smallest absolute Gasteiger partial charge is 0.264 e. The zero-order valence-corrected chi connectivity index (χ0v) is 15.2. The van der Waals surface area contributed by atoms with Crippen LogP contribution in [0.3, 0.4) is 0 Å². The Bertz CT molecular complexity index is 659. The van der Waals surface area contributed by atoms with Gasteiger partial charge in [-0.25, -0.2) is 0 Å². The molecule has 1 aliphatic heterocycles. The Hall–Kier alpha value is -0.920. The minimum absolute atomic E-state index is 0.00887. The van der Waals surface area contributed by atoms with E-state index >= 15 is 0 Å². The lowest BCUT2D eigenvalue weighted by atomic mass is 9.68. The zero-order valence-electron chi connectivity index (χ0n) is 12.8. The molecule has 1 aliphatic rings. The van der Waals surface area contributed by atoms with E-state index in [0.29, 0.717) is 6.54 Å². The van der Waals surface area contributed by atoms with E-state index in [2.05, 4.69) is 21.2 Å². The van der Waals surface area contributed by atoms with E-state index in [0.717, 1.165) is 16.3 Å². The van der Waals surface area contributed by atoms with Crippen LogP contribution in [0.15, 0.2) is 28.7 Å². The monoisotopic (exact) mass is 389 g/mol. The molecule has 1 N–H and O–H groups in total. The van der Waals surface area contributed by atoms with E-state index < -0.39 is 15.5 Å². The van der Waals surface area contributed by atoms with Crippen LogP contribution in [0.25, 0.3) is 0 Å². The van der Waals surface area contributed by atoms with Gasteiger partial charge in [0.05, 0.1) is 18.3 Å². The van der Waals surface area contributed by atoms with Crippen LogP contribution in [0.4, 0.5) is 0 Å². The highest BCUT2D eigenvalue weighted by molar-refractivity contribution is 9.10. The van der Waals surface area contributed by atoms with Crippen LogP contribution in [0, 0.1) is 11.3 Å². The summed E-state index contributed by atoms with van der Waals surface area (Å²) >= 11 is 3.40. The average Bonchev–Trinajstić information content (AvgIpc) is 2.73. The minimum atomic E-state index is -3.52. The number of rotatable bonds is 5. The zero-order chi connectivity index (χ0) is 16.5. The largest absolute Gasteiger partial charge is 0.355 e. The predicted molar refractivity (Wildman–Crippen MR) is 88.0 cm³/mol. The van der Waals surface area contributed by atoms with E-state index in [1.54, 1.807) is 0 Å². The number of amides is 1. The van der Waals surface area contributed by atoms with Crippen molar-refractivity contribution in [1.82, 2.24) is 5.32 Å². The van der Waals surface area contributed by atoms with Crippen molar-refractivity contribution < 1.29 is 17.4 Å². The van der Waals surface area contributed by atoms with Gasteiger partial charge in [0, 0.05) is 16.9 Å². The van der Waals surface area contributed by atoms with Gasteiger partial charge in [0.25, 0.3) is 10.1 Å². The van der Waals surface area contributed by atoms with Gasteiger partial charge in [-0.1, -0.05) is 35.0 Å². The highest BCUT2D eigenvalue weighted by Crippen LogP contribution is 2.45. The van der Waals surface area contributed by atoms with Gasteiger partial charge in [0.2, 0.25) is 5.91 Å². The Morgan fingerprint density at radius 1 is 1.41 bits per heavy atom. The number of hydrogen-bond donors (Lipinski definition) is 1. The van der Waals surface area contributed by atoms with Crippen molar-refractivity contribution in [3.8, 4) is 0 Å². The Labute approximate surface area is 139 Å². The fourth-order valence-electron chi connectivity index (χ4n) is 2.89. The summed E-state index contributed by atoms with van der Waals surface area (Å²) in [7, 11) is -3.52. The van der Waals surface area contributed by atoms with Crippen molar-refractivity contribution in [2.75, 3.05) is 19.4 Å². The fourth-order valence-corrected chi connectivity index (χ4v) is 3.57. The molecule has 0 unspecified atom stereocenters. The van der Waals surface area contributed by atoms with Gasteiger partial charge in [-0.15, -0.1) is 0 Å². The molecule has 7 heteroatoms. The first-order chi connectivity index (χ1) is 10.1. The second kappa shape index (κ2) is 6.29. The molecule has 22 heavy (non-hydrogen) atoms. The van der Waals surface area contributed by atoms with Gasteiger partial charge in [-0.3, -0.25) is 8.98 Å². The summed E-state index contributed by atoms with van der Waals surface area (Å²) in [5.41, 5.74) is 0.325. The number of hydrogen-bond acceptors (Lipinski definition) is 4. The van der Waals surface area contributed by atoms with Crippen molar-refractivity contribution in [3.63, 3.8) is 0 Å². The van der Waals surface area contributed by atoms with Gasteiger partial charge >= 0.3 is 0 Å². The molecule has 0 aromatic heterocycles. The minimum Gasteiger partial charge on any atom is -0.355 e. The molecule has 5 nitrogen and oxygen atoms in total. The van der Waals surface area contributed by atoms with E-state index in [4.69, 9.17) is 4.18 Å². The molecule has 1 heterocycles. The SMILES string of the molecule is C[C@H](c1ccc(Br)cc1)[C@@]1(C)C(=O)NC[C@@H]1COS(C)(=O)=O. The van der Waals surface area contributed by atoms with Crippen LogP contribution in [0.2, 0.25) is 0 Å². The molecule has 2 rings (SSSR count). The predicted octanol–water partition coefficient (Wildman–Crippen LogP) is 2.28. The number of benzene rings is 1. The molecule has 0 bridgehead atoms. The molecule has 0 spiro atoms. The van der Waals surface area contributed by atoms with Gasteiger partial charge in [-0.2, -0.15) is 8.42 Å². The lowest BCUT2D eigenvalue weighted by molar-refractivity contribution is -0.129. The van der Waals surface area contributed by atoms with Gasteiger partial charge < -0.3 is 5.32 Å². The molecule has 1 fully saturated rings. The molecule has 1 amide bonds. The summed E-state index contributed by atoms with van der Waals surface area (Å²) in [4.78, 5) is 12.4. The van der Waals surface area contributed by atoms with Gasteiger partial charge in [-0.05, 0) is 30.5 Å². The summed E-state index contributed by atoms with van der Waals surface area (Å²) in [5, 5.41) is 2.84. The molecular formula is C15H20BrNO4S. The average molecular weight is 390 g/mol. The first-order valence-electron chi connectivity index (χ1n) is 7.02. The van der Waals surface area contributed by atoms with Crippen molar-refractivity contribution in [2.45, 2.75) is 19.8 Å². The second-order valence-electron chi connectivity index (χ2n) is 5.95. The third-order valence-corrected chi connectivity index (χ3v) is 5.69. The summed E-state index contributed by atoms with van der Waals surface area (Å²) < 4.78 is 28.4. The normalized spacial score (nSPS) is 26.7. The third-order valence-electron chi connectivity index (χ3n) is 4.60. The first kappa shape index (κ1) is 17.4. The molecule has 122 valence electrons. The summed E-state index contributed by atoms with van der Waals surface area (Å²) in [5.74, 6) is -0.324. The maximum atomic E-state index is 12.4. The Morgan fingerprint density at radius 2 is 2.00 bits per heavy atom. The Kier molecular flexibility index (Phi) is 4.99. The molecule has 1 saturated heterocycles. The number of nitrogens with one attached hydrogen (secondary N) is 1. The van der Waals surface area contributed by atoms with E-state index in [1.807, 2.05) is 38.1 Å².